The van der Waals surface area contributed by atoms with E-state index in [9.17, 15) is 0 Å². The number of nitrogens with one attached hydrogen (secondary N) is 1. The summed E-state index contributed by atoms with van der Waals surface area (Å²) in [6, 6.07) is 0. The van der Waals surface area contributed by atoms with Crippen LogP contribution in [0.4, 0.5) is 0 Å². The molecule has 1 N–H and O–H groups in total. The normalized spacial score (nSPS) is 12.7. The first kappa shape index (κ1) is 12.0. The van der Waals surface area contributed by atoms with Crippen LogP contribution in [0.3, 0.4) is 0 Å². The monoisotopic (exact) mass is 189 g/mol. The quantitative estimate of drug-likeness (QED) is 0.385. The molecule has 0 rings (SSSR count). The van der Waals surface area contributed by atoms with Crippen LogP contribution in [0.5, 0.6) is 0 Å². The molecule has 0 aliphatic rings. The van der Waals surface area contributed by atoms with Gasteiger partial charge < -0.3 is 5.32 Å². The second-order valence-corrected chi connectivity index (χ2v) is 4.15. The second-order valence-electron chi connectivity index (χ2n) is 3.41. The Kier molecular flexibility index (Phi) is 7.62. The fraction of sp³-hybridized carbons (Fsp3) is 0.800. The molecular weight excluding hydrogens is 170 g/mol. The number of hydrogen-bond acceptors (Lipinski definition) is 1. The molecule has 72 valence electrons. The van der Waals surface area contributed by atoms with E-state index in [-0.39, 0.29) is 0 Å². The average molecular weight is 190 g/mol. The maximum Gasteiger partial charge on any atom is 0.0308 e. The van der Waals surface area contributed by atoms with Crippen molar-refractivity contribution in [1.29, 1.82) is 0 Å². The summed E-state index contributed by atoms with van der Waals surface area (Å²) in [6.07, 6.45) is 4.47. The van der Waals surface area contributed by atoms with Gasteiger partial charge in [-0.15, -0.1) is 11.6 Å². The summed E-state index contributed by atoms with van der Waals surface area (Å²) in [5.74, 6) is 0. The summed E-state index contributed by atoms with van der Waals surface area (Å²) < 4.78 is 0. The summed E-state index contributed by atoms with van der Waals surface area (Å²) in [6.45, 7) is 8.32. The van der Waals surface area contributed by atoms with Crippen LogP contribution >= 0.6 is 11.6 Å². The van der Waals surface area contributed by atoms with Crippen molar-refractivity contribution >= 4 is 11.6 Å². The number of alkyl halides is 1. The average Bonchev–Trinajstić information content (AvgIpc) is 1.95. The number of rotatable bonds is 6. The van der Waals surface area contributed by atoms with Crippen LogP contribution < -0.4 is 5.32 Å². The Hall–Kier alpha value is -0.0100. The highest BCUT2D eigenvalue weighted by atomic mass is 35.5. The fourth-order valence-electron chi connectivity index (χ4n) is 0.887. The van der Waals surface area contributed by atoms with E-state index < -0.39 is 0 Å². The van der Waals surface area contributed by atoms with Crippen molar-refractivity contribution in [2.75, 3.05) is 13.1 Å². The van der Waals surface area contributed by atoms with Crippen molar-refractivity contribution in [2.24, 2.45) is 0 Å². The minimum absolute atomic E-state index is 0.315. The topological polar surface area (TPSA) is 12.0 Å². The Labute approximate surface area is 81.2 Å². The summed E-state index contributed by atoms with van der Waals surface area (Å²) in [5.41, 5.74) is 1.37. The van der Waals surface area contributed by atoms with E-state index in [1.165, 1.54) is 12.0 Å². The Balaban J connectivity index is 3.06. The molecule has 0 radical (unpaired) electrons. The lowest BCUT2D eigenvalue weighted by atomic mass is 10.2. The molecule has 0 aliphatic heterocycles. The molecule has 0 bridgehead atoms. The highest BCUT2D eigenvalue weighted by Crippen LogP contribution is 2.01. The lowest BCUT2D eigenvalue weighted by molar-refractivity contribution is 0.649. The number of hydrogen-bond donors (Lipinski definition) is 1. The molecule has 0 saturated carbocycles. The van der Waals surface area contributed by atoms with E-state index in [1.54, 1.807) is 0 Å². The van der Waals surface area contributed by atoms with Crippen molar-refractivity contribution in [3.63, 3.8) is 0 Å². The van der Waals surface area contributed by atoms with Gasteiger partial charge in [0.1, 0.15) is 0 Å². The van der Waals surface area contributed by atoms with Crippen LogP contribution in [0.15, 0.2) is 11.6 Å². The van der Waals surface area contributed by atoms with Crippen LogP contribution in [0.2, 0.25) is 0 Å². The predicted molar refractivity (Wildman–Crippen MR) is 56.8 cm³/mol. The molecule has 1 nitrogen and oxygen atoms in total. The van der Waals surface area contributed by atoms with Crippen molar-refractivity contribution in [3.05, 3.63) is 11.6 Å². The van der Waals surface area contributed by atoms with Gasteiger partial charge in [-0.1, -0.05) is 11.6 Å². The van der Waals surface area contributed by atoms with Gasteiger partial charge in [-0.2, -0.15) is 0 Å². The Morgan fingerprint density at radius 2 is 2.17 bits per heavy atom. The van der Waals surface area contributed by atoms with E-state index in [2.05, 4.69) is 25.2 Å². The molecule has 0 spiro atoms. The maximum atomic E-state index is 5.80. The van der Waals surface area contributed by atoms with Gasteiger partial charge in [-0.25, -0.2) is 0 Å². The molecule has 0 heterocycles. The van der Waals surface area contributed by atoms with Gasteiger partial charge in [-0.05, 0) is 40.2 Å². The number of allylic oxidation sites excluding steroid dienone is 1. The molecule has 0 fully saturated rings. The first-order valence-corrected chi connectivity index (χ1v) is 5.04. The van der Waals surface area contributed by atoms with Gasteiger partial charge in [0, 0.05) is 11.9 Å². The van der Waals surface area contributed by atoms with Crippen molar-refractivity contribution in [3.8, 4) is 0 Å². The lowest BCUT2D eigenvalue weighted by Gasteiger charge is -2.03. The van der Waals surface area contributed by atoms with Crippen molar-refractivity contribution in [1.82, 2.24) is 5.32 Å². The molecule has 0 aromatic rings. The minimum Gasteiger partial charge on any atom is -0.313 e. The Morgan fingerprint density at radius 1 is 1.50 bits per heavy atom. The van der Waals surface area contributed by atoms with Crippen molar-refractivity contribution < 1.29 is 0 Å². The maximum absolute atomic E-state index is 5.80. The number of halogens is 1. The van der Waals surface area contributed by atoms with Crippen LogP contribution in [-0.4, -0.2) is 18.5 Å². The SMILES string of the molecule is CC(C)=CCNCCCC(C)Cl. The van der Waals surface area contributed by atoms with Gasteiger partial charge in [-0.3, -0.25) is 0 Å². The van der Waals surface area contributed by atoms with Gasteiger partial charge in [0.15, 0.2) is 0 Å². The van der Waals surface area contributed by atoms with E-state index >= 15 is 0 Å². The van der Waals surface area contributed by atoms with Gasteiger partial charge in [0.25, 0.3) is 0 Å². The van der Waals surface area contributed by atoms with Crippen LogP contribution in [-0.2, 0) is 0 Å². The minimum atomic E-state index is 0.315. The highest BCUT2D eigenvalue weighted by Gasteiger charge is 1.93. The molecule has 12 heavy (non-hydrogen) atoms. The molecule has 1 atom stereocenters. The summed E-state index contributed by atoms with van der Waals surface area (Å²) in [4.78, 5) is 0. The van der Waals surface area contributed by atoms with E-state index in [0.29, 0.717) is 5.38 Å². The lowest BCUT2D eigenvalue weighted by Crippen LogP contribution is -2.15. The van der Waals surface area contributed by atoms with Crippen LogP contribution in [0.1, 0.15) is 33.6 Å². The largest absolute Gasteiger partial charge is 0.313 e. The zero-order valence-corrected chi connectivity index (χ0v) is 9.12. The fourth-order valence-corrected chi connectivity index (χ4v) is 1.04. The van der Waals surface area contributed by atoms with Crippen LogP contribution in [0, 0.1) is 0 Å². The Bertz CT molecular complexity index is 126. The van der Waals surface area contributed by atoms with Crippen LogP contribution in [0.25, 0.3) is 0 Å². The van der Waals surface area contributed by atoms with Gasteiger partial charge in [0.2, 0.25) is 0 Å². The van der Waals surface area contributed by atoms with E-state index in [1.807, 2.05) is 6.92 Å². The molecule has 0 aliphatic carbocycles. The molecule has 0 aromatic heterocycles. The Morgan fingerprint density at radius 3 is 2.67 bits per heavy atom. The van der Waals surface area contributed by atoms with E-state index in [0.717, 1.165) is 19.5 Å². The molecular formula is C10H20ClN. The standard InChI is InChI=1S/C10H20ClN/c1-9(2)6-8-12-7-4-5-10(3)11/h6,10,12H,4-5,7-8H2,1-3H3. The van der Waals surface area contributed by atoms with E-state index in [4.69, 9.17) is 11.6 Å². The third kappa shape index (κ3) is 9.99. The highest BCUT2D eigenvalue weighted by molar-refractivity contribution is 6.20. The molecule has 2 heteroatoms. The first-order chi connectivity index (χ1) is 5.63. The summed E-state index contributed by atoms with van der Waals surface area (Å²) in [7, 11) is 0. The summed E-state index contributed by atoms with van der Waals surface area (Å²) in [5, 5.41) is 3.65. The molecule has 0 aromatic carbocycles. The van der Waals surface area contributed by atoms with Gasteiger partial charge >= 0.3 is 0 Å². The zero-order valence-electron chi connectivity index (χ0n) is 8.36. The predicted octanol–water partition coefficient (Wildman–Crippen LogP) is 2.95. The molecule has 1 unspecified atom stereocenters. The molecule has 0 saturated heterocycles. The third-order valence-corrected chi connectivity index (χ3v) is 1.83. The third-order valence-electron chi connectivity index (χ3n) is 1.61. The second kappa shape index (κ2) is 7.63. The summed E-state index contributed by atoms with van der Waals surface area (Å²) >= 11 is 5.80. The zero-order chi connectivity index (χ0) is 9.40. The molecule has 0 amide bonds. The smallest absolute Gasteiger partial charge is 0.0308 e. The van der Waals surface area contributed by atoms with Crippen molar-refractivity contribution in [2.45, 2.75) is 39.0 Å². The van der Waals surface area contributed by atoms with Gasteiger partial charge in [0.05, 0.1) is 0 Å². The first-order valence-electron chi connectivity index (χ1n) is 4.61.